The molecule has 1 unspecified atom stereocenters. The van der Waals surface area contributed by atoms with E-state index in [0.717, 1.165) is 27.7 Å². The van der Waals surface area contributed by atoms with E-state index in [1.807, 2.05) is 74.1 Å². The molecule has 1 amide bonds. The first-order chi connectivity index (χ1) is 13.0. The fourth-order valence-corrected chi connectivity index (χ4v) is 3.86. The van der Waals surface area contributed by atoms with E-state index in [-0.39, 0.29) is 11.2 Å². The van der Waals surface area contributed by atoms with Gasteiger partial charge in [-0.15, -0.1) is 10.2 Å². The Labute approximate surface area is 164 Å². The van der Waals surface area contributed by atoms with Crippen LogP contribution < -0.4 is 0 Å². The molecule has 3 rings (SSSR count). The Bertz CT molecular complexity index is 923. The van der Waals surface area contributed by atoms with Crippen molar-refractivity contribution in [3.05, 3.63) is 65.7 Å². The molecular formula is C21H24N4OS. The first-order valence-corrected chi connectivity index (χ1v) is 9.76. The highest BCUT2D eigenvalue weighted by atomic mass is 32.2. The predicted octanol–water partition coefficient (Wildman–Crippen LogP) is 3.93. The van der Waals surface area contributed by atoms with Crippen LogP contribution in [0.1, 0.15) is 18.1 Å². The summed E-state index contributed by atoms with van der Waals surface area (Å²) in [6.07, 6.45) is 0. The third-order valence-corrected chi connectivity index (χ3v) is 5.61. The van der Waals surface area contributed by atoms with Gasteiger partial charge in [0.1, 0.15) is 0 Å². The molecule has 0 fully saturated rings. The summed E-state index contributed by atoms with van der Waals surface area (Å²) in [6.45, 7) is 4.57. The van der Waals surface area contributed by atoms with Crippen molar-refractivity contribution in [3.8, 4) is 11.4 Å². The molecule has 0 aliphatic rings. The standard InChI is InChI=1S/C21H24N4OS/c1-15-10-8-9-13-18(15)19-22-23-21(25(19)4)27-16(2)20(26)24(3)14-17-11-6-5-7-12-17/h5-13,16H,14H2,1-4H3. The fourth-order valence-electron chi connectivity index (χ4n) is 2.93. The van der Waals surface area contributed by atoms with Gasteiger partial charge in [0.15, 0.2) is 11.0 Å². The highest BCUT2D eigenvalue weighted by Gasteiger charge is 2.22. The lowest BCUT2D eigenvalue weighted by Crippen LogP contribution is -2.32. The molecule has 0 N–H and O–H groups in total. The third kappa shape index (κ3) is 4.39. The van der Waals surface area contributed by atoms with Crippen molar-refractivity contribution in [2.75, 3.05) is 7.05 Å². The molecule has 27 heavy (non-hydrogen) atoms. The molecule has 140 valence electrons. The van der Waals surface area contributed by atoms with Gasteiger partial charge in [0, 0.05) is 26.2 Å². The zero-order valence-electron chi connectivity index (χ0n) is 16.1. The van der Waals surface area contributed by atoms with Crippen molar-refractivity contribution < 1.29 is 4.79 Å². The highest BCUT2D eigenvalue weighted by molar-refractivity contribution is 8.00. The van der Waals surface area contributed by atoms with Crippen LogP contribution in [0, 0.1) is 6.92 Å². The Morgan fingerprint density at radius 1 is 1.11 bits per heavy atom. The van der Waals surface area contributed by atoms with Gasteiger partial charge in [-0.1, -0.05) is 66.4 Å². The number of carbonyl (C=O) groups excluding carboxylic acids is 1. The Morgan fingerprint density at radius 3 is 2.48 bits per heavy atom. The van der Waals surface area contributed by atoms with Gasteiger partial charge in [0.25, 0.3) is 0 Å². The summed E-state index contributed by atoms with van der Waals surface area (Å²) in [5, 5.41) is 9.14. The molecule has 0 radical (unpaired) electrons. The van der Waals surface area contributed by atoms with Gasteiger partial charge in [0.05, 0.1) is 5.25 Å². The molecule has 1 heterocycles. The number of nitrogens with zero attached hydrogens (tertiary/aromatic N) is 4. The van der Waals surface area contributed by atoms with Crippen molar-refractivity contribution in [3.63, 3.8) is 0 Å². The summed E-state index contributed by atoms with van der Waals surface area (Å²) in [5.74, 6) is 0.886. The molecule has 0 aliphatic heterocycles. The normalized spacial score (nSPS) is 12.0. The molecule has 0 saturated carbocycles. The number of amides is 1. The van der Waals surface area contributed by atoms with E-state index in [0.29, 0.717) is 6.54 Å². The first kappa shape index (κ1) is 19.2. The minimum absolute atomic E-state index is 0.0734. The van der Waals surface area contributed by atoms with Crippen molar-refractivity contribution in [1.29, 1.82) is 0 Å². The maximum atomic E-state index is 12.7. The summed E-state index contributed by atoms with van der Waals surface area (Å²) in [6, 6.07) is 18.1. The second-order valence-corrected chi connectivity index (χ2v) is 7.93. The molecule has 0 spiro atoms. The number of rotatable bonds is 6. The summed E-state index contributed by atoms with van der Waals surface area (Å²) >= 11 is 1.44. The monoisotopic (exact) mass is 380 g/mol. The summed E-state index contributed by atoms with van der Waals surface area (Å²) in [5.41, 5.74) is 3.32. The lowest BCUT2D eigenvalue weighted by Gasteiger charge is -2.21. The molecule has 3 aromatic rings. The number of carbonyl (C=O) groups is 1. The van der Waals surface area contributed by atoms with Crippen LogP contribution in [-0.2, 0) is 18.4 Å². The van der Waals surface area contributed by atoms with Gasteiger partial charge in [-0.05, 0) is 25.0 Å². The van der Waals surface area contributed by atoms with Crippen LogP contribution in [0.5, 0.6) is 0 Å². The zero-order chi connectivity index (χ0) is 19.4. The summed E-state index contributed by atoms with van der Waals surface area (Å²) in [7, 11) is 3.77. The average molecular weight is 381 g/mol. The second-order valence-electron chi connectivity index (χ2n) is 6.62. The van der Waals surface area contributed by atoms with E-state index in [2.05, 4.69) is 23.2 Å². The van der Waals surface area contributed by atoms with Crippen LogP contribution in [0.25, 0.3) is 11.4 Å². The maximum absolute atomic E-state index is 12.7. The van der Waals surface area contributed by atoms with E-state index < -0.39 is 0 Å². The molecule has 6 heteroatoms. The van der Waals surface area contributed by atoms with Gasteiger partial charge < -0.3 is 9.47 Å². The average Bonchev–Trinajstić information content (AvgIpc) is 3.02. The molecule has 0 bridgehead atoms. The highest BCUT2D eigenvalue weighted by Crippen LogP contribution is 2.28. The molecule has 5 nitrogen and oxygen atoms in total. The van der Waals surface area contributed by atoms with E-state index in [9.17, 15) is 4.79 Å². The number of benzene rings is 2. The Balaban J connectivity index is 1.70. The van der Waals surface area contributed by atoms with Crippen LogP contribution in [0.2, 0.25) is 0 Å². The third-order valence-electron chi connectivity index (χ3n) is 4.49. The molecule has 0 saturated heterocycles. The van der Waals surface area contributed by atoms with Crippen LogP contribution >= 0.6 is 11.8 Å². The van der Waals surface area contributed by atoms with Crippen molar-refractivity contribution in [2.24, 2.45) is 7.05 Å². The predicted molar refractivity (Wildman–Crippen MR) is 109 cm³/mol. The van der Waals surface area contributed by atoms with Crippen LogP contribution in [0.15, 0.2) is 59.8 Å². The smallest absolute Gasteiger partial charge is 0.235 e. The summed E-state index contributed by atoms with van der Waals surface area (Å²) < 4.78 is 1.95. The number of hydrogen-bond donors (Lipinski definition) is 0. The molecule has 1 aromatic heterocycles. The number of aryl methyl sites for hydroxylation is 1. The quantitative estimate of drug-likeness (QED) is 0.608. The first-order valence-electron chi connectivity index (χ1n) is 8.88. The van der Waals surface area contributed by atoms with Gasteiger partial charge in [-0.2, -0.15) is 0 Å². The lowest BCUT2D eigenvalue weighted by molar-refractivity contribution is -0.129. The van der Waals surface area contributed by atoms with E-state index >= 15 is 0 Å². The summed E-state index contributed by atoms with van der Waals surface area (Å²) in [4.78, 5) is 14.5. The van der Waals surface area contributed by atoms with Gasteiger partial charge in [0.2, 0.25) is 5.91 Å². The number of aromatic nitrogens is 3. The Kier molecular flexibility index (Phi) is 5.96. The Morgan fingerprint density at radius 2 is 1.78 bits per heavy atom. The van der Waals surface area contributed by atoms with Gasteiger partial charge in [-0.3, -0.25) is 4.79 Å². The molecule has 2 aromatic carbocycles. The largest absolute Gasteiger partial charge is 0.340 e. The zero-order valence-corrected chi connectivity index (χ0v) is 16.9. The Hall–Kier alpha value is -2.60. The van der Waals surface area contributed by atoms with Crippen molar-refractivity contribution >= 4 is 17.7 Å². The maximum Gasteiger partial charge on any atom is 0.235 e. The fraction of sp³-hybridized carbons (Fsp3) is 0.286. The SMILES string of the molecule is Cc1ccccc1-c1nnc(SC(C)C(=O)N(C)Cc2ccccc2)n1C. The van der Waals surface area contributed by atoms with E-state index in [4.69, 9.17) is 0 Å². The number of thioether (sulfide) groups is 1. The van der Waals surface area contributed by atoms with Gasteiger partial charge >= 0.3 is 0 Å². The van der Waals surface area contributed by atoms with Crippen LogP contribution in [0.3, 0.4) is 0 Å². The van der Waals surface area contributed by atoms with Gasteiger partial charge in [-0.25, -0.2) is 0 Å². The van der Waals surface area contributed by atoms with E-state index in [1.54, 1.807) is 4.90 Å². The topological polar surface area (TPSA) is 51.0 Å². The number of hydrogen-bond acceptors (Lipinski definition) is 4. The van der Waals surface area contributed by atoms with Crippen LogP contribution in [-0.4, -0.2) is 37.9 Å². The molecule has 0 aliphatic carbocycles. The molecule has 1 atom stereocenters. The lowest BCUT2D eigenvalue weighted by atomic mass is 10.1. The van der Waals surface area contributed by atoms with Crippen molar-refractivity contribution in [1.82, 2.24) is 19.7 Å². The molecular weight excluding hydrogens is 356 g/mol. The van der Waals surface area contributed by atoms with Crippen molar-refractivity contribution in [2.45, 2.75) is 30.8 Å². The minimum Gasteiger partial charge on any atom is -0.340 e. The van der Waals surface area contributed by atoms with E-state index in [1.165, 1.54) is 11.8 Å². The van der Waals surface area contributed by atoms with Crippen LogP contribution in [0.4, 0.5) is 0 Å². The second kappa shape index (κ2) is 8.39. The minimum atomic E-state index is -0.244.